The molecule has 0 atom stereocenters. The van der Waals surface area contributed by atoms with Gasteiger partial charge >= 0.3 is 0 Å². The van der Waals surface area contributed by atoms with E-state index in [-0.39, 0.29) is 0 Å². The van der Waals surface area contributed by atoms with Crippen molar-refractivity contribution in [2.75, 3.05) is 11.9 Å². The van der Waals surface area contributed by atoms with Crippen molar-refractivity contribution in [1.82, 2.24) is 4.98 Å². The first kappa shape index (κ1) is 12.7. The van der Waals surface area contributed by atoms with Crippen LogP contribution in [0.25, 0.3) is 10.9 Å². The molecular formula is C14H14ClN3. The Labute approximate surface area is 111 Å². The summed E-state index contributed by atoms with van der Waals surface area (Å²) >= 11 is 5.90. The van der Waals surface area contributed by atoms with Crippen molar-refractivity contribution in [2.24, 2.45) is 0 Å². The van der Waals surface area contributed by atoms with Crippen molar-refractivity contribution in [3.8, 4) is 6.07 Å². The molecule has 92 valence electrons. The first-order valence-corrected chi connectivity index (χ1v) is 6.36. The Morgan fingerprint density at radius 1 is 1.44 bits per heavy atom. The summed E-state index contributed by atoms with van der Waals surface area (Å²) in [7, 11) is 0. The van der Waals surface area contributed by atoms with Crippen LogP contribution in [-0.2, 0) is 0 Å². The van der Waals surface area contributed by atoms with E-state index in [0.717, 1.165) is 30.5 Å². The van der Waals surface area contributed by atoms with Gasteiger partial charge in [0.1, 0.15) is 11.6 Å². The van der Waals surface area contributed by atoms with Crippen LogP contribution in [-0.4, -0.2) is 11.5 Å². The van der Waals surface area contributed by atoms with Gasteiger partial charge in [-0.15, -0.1) is 0 Å². The molecule has 0 bridgehead atoms. The van der Waals surface area contributed by atoms with Gasteiger partial charge in [-0.3, -0.25) is 4.98 Å². The van der Waals surface area contributed by atoms with E-state index in [9.17, 15) is 5.26 Å². The van der Waals surface area contributed by atoms with Gasteiger partial charge in [-0.25, -0.2) is 0 Å². The second kappa shape index (κ2) is 5.70. The zero-order valence-corrected chi connectivity index (χ0v) is 11.0. The van der Waals surface area contributed by atoms with Crippen LogP contribution < -0.4 is 5.32 Å². The molecule has 0 aliphatic rings. The fraction of sp³-hybridized carbons (Fsp3) is 0.286. The van der Waals surface area contributed by atoms with E-state index in [1.165, 1.54) is 0 Å². The van der Waals surface area contributed by atoms with Gasteiger partial charge in [-0.2, -0.15) is 5.26 Å². The summed E-state index contributed by atoms with van der Waals surface area (Å²) in [6.45, 7) is 3.00. The van der Waals surface area contributed by atoms with E-state index in [1.54, 1.807) is 6.20 Å². The molecule has 4 heteroatoms. The maximum Gasteiger partial charge on any atom is 0.104 e. The Morgan fingerprint density at radius 2 is 2.28 bits per heavy atom. The number of halogens is 1. The number of rotatable bonds is 4. The number of anilines is 1. The van der Waals surface area contributed by atoms with Gasteiger partial charge in [0.2, 0.25) is 0 Å². The third kappa shape index (κ3) is 2.55. The molecule has 0 unspecified atom stereocenters. The molecule has 1 aromatic carbocycles. The van der Waals surface area contributed by atoms with Crippen molar-refractivity contribution >= 4 is 28.2 Å². The molecule has 0 saturated heterocycles. The molecule has 0 radical (unpaired) electrons. The molecule has 0 fully saturated rings. The smallest absolute Gasteiger partial charge is 0.104 e. The maximum absolute atomic E-state index is 9.28. The second-order valence-electron chi connectivity index (χ2n) is 4.11. The molecule has 3 nitrogen and oxygen atoms in total. The third-order valence-corrected chi connectivity index (χ3v) is 2.98. The molecule has 0 amide bonds. The Bertz CT molecular complexity index is 602. The van der Waals surface area contributed by atoms with Gasteiger partial charge in [0, 0.05) is 18.1 Å². The highest BCUT2D eigenvalue weighted by atomic mass is 35.5. The lowest BCUT2D eigenvalue weighted by atomic mass is 10.1. The van der Waals surface area contributed by atoms with Gasteiger partial charge in [-0.1, -0.05) is 31.0 Å². The molecule has 1 aromatic heterocycles. The molecule has 18 heavy (non-hydrogen) atoms. The lowest BCUT2D eigenvalue weighted by Gasteiger charge is -2.09. The van der Waals surface area contributed by atoms with Gasteiger partial charge in [0.15, 0.2) is 0 Å². The summed E-state index contributed by atoms with van der Waals surface area (Å²) in [4.78, 5) is 4.25. The van der Waals surface area contributed by atoms with Crippen LogP contribution in [0.3, 0.4) is 0 Å². The Morgan fingerprint density at radius 3 is 3.00 bits per heavy atom. The van der Waals surface area contributed by atoms with Crippen LogP contribution >= 0.6 is 11.6 Å². The highest BCUT2D eigenvalue weighted by Crippen LogP contribution is 2.25. The minimum absolute atomic E-state index is 0.582. The monoisotopic (exact) mass is 259 g/mol. The summed E-state index contributed by atoms with van der Waals surface area (Å²) < 4.78 is 0. The van der Waals surface area contributed by atoms with Crippen LogP contribution in [0.2, 0.25) is 5.02 Å². The fourth-order valence-electron chi connectivity index (χ4n) is 1.84. The Kier molecular flexibility index (Phi) is 4.01. The maximum atomic E-state index is 9.28. The Balaban J connectivity index is 2.43. The predicted octanol–water partition coefficient (Wildman–Crippen LogP) is 3.97. The lowest BCUT2D eigenvalue weighted by molar-refractivity contribution is 0.834. The zero-order valence-electron chi connectivity index (χ0n) is 10.2. The van der Waals surface area contributed by atoms with Crippen LogP contribution in [0, 0.1) is 11.3 Å². The topological polar surface area (TPSA) is 48.7 Å². The molecule has 2 aromatic rings. The number of fused-ring (bicyclic) bond motifs is 1. The van der Waals surface area contributed by atoms with Crippen LogP contribution in [0.4, 0.5) is 5.69 Å². The average molecular weight is 260 g/mol. The van der Waals surface area contributed by atoms with E-state index in [0.29, 0.717) is 16.1 Å². The number of hydrogen-bond acceptors (Lipinski definition) is 3. The lowest BCUT2D eigenvalue weighted by Crippen LogP contribution is -2.03. The molecule has 1 N–H and O–H groups in total. The predicted molar refractivity (Wildman–Crippen MR) is 74.9 cm³/mol. The number of pyridine rings is 1. The molecule has 1 heterocycles. The number of unbranched alkanes of at least 4 members (excludes halogenated alkanes) is 1. The standard InChI is InChI=1S/C14H14ClN3/c1-2-3-6-17-13-5-4-10-7-11(15)9-18-14(10)12(13)8-16/h4-5,7,9,17H,2-3,6H2,1H3. The first-order valence-electron chi connectivity index (χ1n) is 5.98. The minimum Gasteiger partial charge on any atom is -0.384 e. The van der Waals surface area contributed by atoms with E-state index in [4.69, 9.17) is 11.6 Å². The average Bonchev–Trinajstić information content (AvgIpc) is 2.38. The van der Waals surface area contributed by atoms with Gasteiger partial charge < -0.3 is 5.32 Å². The molecule has 0 aliphatic carbocycles. The SMILES string of the molecule is CCCCNc1ccc2cc(Cl)cnc2c1C#N. The summed E-state index contributed by atoms with van der Waals surface area (Å²) in [6.07, 6.45) is 3.77. The van der Waals surface area contributed by atoms with Crippen LogP contribution in [0.5, 0.6) is 0 Å². The van der Waals surface area contributed by atoms with Gasteiger partial charge in [-0.05, 0) is 18.6 Å². The number of hydrogen-bond donors (Lipinski definition) is 1. The number of aromatic nitrogens is 1. The highest BCUT2D eigenvalue weighted by Gasteiger charge is 2.08. The molecular weight excluding hydrogens is 246 g/mol. The number of nitrogens with one attached hydrogen (secondary N) is 1. The van der Waals surface area contributed by atoms with Crippen molar-refractivity contribution in [3.05, 3.63) is 35.0 Å². The summed E-state index contributed by atoms with van der Waals surface area (Å²) in [6, 6.07) is 7.88. The molecule has 0 spiro atoms. The number of benzene rings is 1. The second-order valence-corrected chi connectivity index (χ2v) is 4.54. The van der Waals surface area contributed by atoms with Crippen LogP contribution in [0.1, 0.15) is 25.3 Å². The number of nitrogens with zero attached hydrogens (tertiary/aromatic N) is 2. The number of nitriles is 1. The van der Waals surface area contributed by atoms with E-state index in [2.05, 4.69) is 23.3 Å². The van der Waals surface area contributed by atoms with Gasteiger partial charge in [0.05, 0.1) is 16.2 Å². The van der Waals surface area contributed by atoms with E-state index in [1.807, 2.05) is 18.2 Å². The van der Waals surface area contributed by atoms with E-state index < -0.39 is 0 Å². The van der Waals surface area contributed by atoms with Crippen molar-refractivity contribution in [3.63, 3.8) is 0 Å². The van der Waals surface area contributed by atoms with Crippen molar-refractivity contribution < 1.29 is 0 Å². The summed E-state index contributed by atoms with van der Waals surface area (Å²) in [5.74, 6) is 0. The van der Waals surface area contributed by atoms with Crippen molar-refractivity contribution in [2.45, 2.75) is 19.8 Å². The van der Waals surface area contributed by atoms with Crippen molar-refractivity contribution in [1.29, 1.82) is 5.26 Å². The molecule has 0 saturated carbocycles. The quantitative estimate of drug-likeness (QED) is 0.845. The molecule has 2 rings (SSSR count). The van der Waals surface area contributed by atoms with E-state index >= 15 is 0 Å². The minimum atomic E-state index is 0.582. The normalized spacial score (nSPS) is 10.3. The van der Waals surface area contributed by atoms with Gasteiger partial charge in [0.25, 0.3) is 0 Å². The largest absolute Gasteiger partial charge is 0.384 e. The summed E-state index contributed by atoms with van der Waals surface area (Å²) in [5, 5.41) is 14.0. The Hall–Kier alpha value is -1.79. The first-order chi connectivity index (χ1) is 8.76. The fourth-order valence-corrected chi connectivity index (χ4v) is 2.00. The highest BCUT2D eigenvalue weighted by molar-refractivity contribution is 6.31. The third-order valence-electron chi connectivity index (χ3n) is 2.78. The molecule has 0 aliphatic heterocycles. The van der Waals surface area contributed by atoms with Crippen LogP contribution in [0.15, 0.2) is 24.4 Å². The zero-order chi connectivity index (χ0) is 13.0. The summed E-state index contributed by atoms with van der Waals surface area (Å²) in [5.41, 5.74) is 2.12.